The van der Waals surface area contributed by atoms with E-state index >= 15 is 0 Å². The summed E-state index contributed by atoms with van der Waals surface area (Å²) < 4.78 is 4.94. The van der Waals surface area contributed by atoms with Gasteiger partial charge in [-0.05, 0) is 38.0 Å². The number of benzene rings is 1. The van der Waals surface area contributed by atoms with Gasteiger partial charge in [-0.2, -0.15) is 0 Å². The predicted octanol–water partition coefficient (Wildman–Crippen LogP) is 3.25. The second-order valence-corrected chi connectivity index (χ2v) is 5.78. The van der Waals surface area contributed by atoms with E-state index in [0.29, 0.717) is 29.8 Å². The molecule has 0 spiro atoms. The van der Waals surface area contributed by atoms with E-state index in [1.54, 1.807) is 19.1 Å². The fraction of sp³-hybridized carbons (Fsp3) is 0.222. The molecule has 0 aliphatic carbocycles. The van der Waals surface area contributed by atoms with Gasteiger partial charge in [0.15, 0.2) is 5.82 Å². The third-order valence-corrected chi connectivity index (χ3v) is 3.65. The lowest BCUT2D eigenvalue weighted by molar-refractivity contribution is 0.102. The lowest BCUT2D eigenvalue weighted by Crippen LogP contribution is -2.16. The molecule has 0 bridgehead atoms. The number of nitrogens with zero attached hydrogens (tertiary/aromatic N) is 3. The molecule has 0 radical (unpaired) electrons. The molecule has 2 N–H and O–H groups in total. The van der Waals surface area contributed by atoms with Gasteiger partial charge in [-0.3, -0.25) is 4.79 Å². The summed E-state index contributed by atoms with van der Waals surface area (Å²) >= 11 is 0. The Balaban J connectivity index is 1.73. The minimum absolute atomic E-state index is 0.264. The molecule has 0 atom stereocenters. The number of hydrogen-bond donors (Lipinski definition) is 2. The minimum Gasteiger partial charge on any atom is -0.360 e. The Hall–Kier alpha value is -3.22. The number of hydrogen-bond acceptors (Lipinski definition) is 6. The first-order valence-corrected chi connectivity index (χ1v) is 7.90. The molecular weight excluding hydrogens is 318 g/mol. The zero-order valence-electron chi connectivity index (χ0n) is 14.3. The Kier molecular flexibility index (Phi) is 4.74. The molecule has 25 heavy (non-hydrogen) atoms. The van der Waals surface area contributed by atoms with Crippen LogP contribution in [-0.4, -0.2) is 21.0 Å². The first kappa shape index (κ1) is 16.6. The van der Waals surface area contributed by atoms with Crippen molar-refractivity contribution in [2.75, 3.05) is 10.6 Å². The van der Waals surface area contributed by atoms with E-state index in [-0.39, 0.29) is 11.6 Å². The molecule has 0 unspecified atom stereocenters. The SMILES string of the molecule is Cc1cc(C(=O)Nc2cc(C)on2)nc(NCc2ccccc2C)n1. The Morgan fingerprint density at radius 1 is 1.12 bits per heavy atom. The Labute approximate surface area is 145 Å². The van der Waals surface area contributed by atoms with E-state index in [9.17, 15) is 4.79 Å². The second-order valence-electron chi connectivity index (χ2n) is 5.78. The number of rotatable bonds is 5. The topological polar surface area (TPSA) is 92.9 Å². The highest BCUT2D eigenvalue weighted by Crippen LogP contribution is 2.12. The van der Waals surface area contributed by atoms with Crippen LogP contribution in [0.5, 0.6) is 0 Å². The lowest BCUT2D eigenvalue weighted by atomic mass is 10.1. The molecular formula is C18H19N5O2. The molecule has 2 heterocycles. The Bertz CT molecular complexity index is 904. The first-order chi connectivity index (χ1) is 12.0. The van der Waals surface area contributed by atoms with Gasteiger partial charge in [0.1, 0.15) is 11.5 Å². The molecule has 2 aromatic heterocycles. The number of aromatic nitrogens is 3. The summed E-state index contributed by atoms with van der Waals surface area (Å²) in [6, 6.07) is 11.3. The molecule has 0 aliphatic heterocycles. The monoisotopic (exact) mass is 337 g/mol. The highest BCUT2D eigenvalue weighted by atomic mass is 16.5. The van der Waals surface area contributed by atoms with Crippen molar-refractivity contribution < 1.29 is 9.32 Å². The molecule has 0 saturated heterocycles. The summed E-state index contributed by atoms with van der Waals surface area (Å²) in [6.45, 7) is 6.20. The van der Waals surface area contributed by atoms with Gasteiger partial charge < -0.3 is 15.2 Å². The number of amides is 1. The van der Waals surface area contributed by atoms with Crippen LogP contribution in [0.15, 0.2) is 40.9 Å². The summed E-state index contributed by atoms with van der Waals surface area (Å²) in [5.74, 6) is 1.02. The van der Waals surface area contributed by atoms with Crippen molar-refractivity contribution in [2.24, 2.45) is 0 Å². The average Bonchev–Trinajstić information content (AvgIpc) is 2.98. The van der Waals surface area contributed by atoms with E-state index < -0.39 is 0 Å². The number of carbonyl (C=O) groups excluding carboxylic acids is 1. The van der Waals surface area contributed by atoms with Gasteiger partial charge in [0.05, 0.1) is 0 Å². The van der Waals surface area contributed by atoms with E-state index in [4.69, 9.17) is 4.52 Å². The van der Waals surface area contributed by atoms with Crippen molar-refractivity contribution in [2.45, 2.75) is 27.3 Å². The van der Waals surface area contributed by atoms with Gasteiger partial charge in [-0.15, -0.1) is 0 Å². The largest absolute Gasteiger partial charge is 0.360 e. The van der Waals surface area contributed by atoms with Crippen molar-refractivity contribution in [3.8, 4) is 0 Å². The third kappa shape index (κ3) is 4.20. The summed E-state index contributed by atoms with van der Waals surface area (Å²) in [6.07, 6.45) is 0. The van der Waals surface area contributed by atoms with Gasteiger partial charge in [0.2, 0.25) is 5.95 Å². The van der Waals surface area contributed by atoms with E-state index in [0.717, 1.165) is 5.56 Å². The summed E-state index contributed by atoms with van der Waals surface area (Å²) in [5.41, 5.74) is 3.29. The maximum Gasteiger partial charge on any atom is 0.275 e. The summed E-state index contributed by atoms with van der Waals surface area (Å²) in [5, 5.41) is 9.57. The fourth-order valence-corrected chi connectivity index (χ4v) is 2.35. The Morgan fingerprint density at radius 2 is 1.92 bits per heavy atom. The molecule has 1 aromatic carbocycles. The standard InChI is InChI=1S/C18H19N5O2/c1-11-6-4-5-7-14(11)10-19-18-20-12(2)8-15(21-18)17(24)22-16-9-13(3)25-23-16/h4-9H,10H2,1-3H3,(H,19,20,21)(H,22,23,24). The van der Waals surface area contributed by atoms with Crippen LogP contribution in [0.3, 0.4) is 0 Å². The van der Waals surface area contributed by atoms with Crippen molar-refractivity contribution in [1.82, 2.24) is 15.1 Å². The molecule has 0 saturated carbocycles. The molecule has 1 amide bonds. The van der Waals surface area contributed by atoms with Crippen LogP contribution in [-0.2, 0) is 6.54 Å². The zero-order chi connectivity index (χ0) is 17.8. The average molecular weight is 337 g/mol. The fourth-order valence-electron chi connectivity index (χ4n) is 2.35. The maximum atomic E-state index is 12.3. The van der Waals surface area contributed by atoms with E-state index in [1.807, 2.05) is 38.1 Å². The summed E-state index contributed by atoms with van der Waals surface area (Å²) in [4.78, 5) is 21.0. The highest BCUT2D eigenvalue weighted by Gasteiger charge is 2.13. The third-order valence-electron chi connectivity index (χ3n) is 3.65. The molecule has 128 valence electrons. The second kappa shape index (κ2) is 7.12. The van der Waals surface area contributed by atoms with Crippen LogP contribution in [0, 0.1) is 20.8 Å². The van der Waals surface area contributed by atoms with E-state index in [2.05, 4.69) is 25.8 Å². The van der Waals surface area contributed by atoms with Crippen LogP contribution >= 0.6 is 0 Å². The van der Waals surface area contributed by atoms with E-state index in [1.165, 1.54) is 5.56 Å². The quantitative estimate of drug-likeness (QED) is 0.742. The number of aryl methyl sites for hydroxylation is 3. The van der Waals surface area contributed by atoms with Gasteiger partial charge in [-0.25, -0.2) is 9.97 Å². The molecule has 7 heteroatoms. The highest BCUT2D eigenvalue weighted by molar-refractivity contribution is 6.02. The van der Waals surface area contributed by atoms with Gasteiger partial charge in [-0.1, -0.05) is 29.4 Å². The first-order valence-electron chi connectivity index (χ1n) is 7.90. The smallest absolute Gasteiger partial charge is 0.275 e. The molecule has 0 aliphatic rings. The van der Waals surface area contributed by atoms with Crippen molar-refractivity contribution >= 4 is 17.7 Å². The number of carbonyl (C=O) groups is 1. The molecule has 3 aromatic rings. The summed E-state index contributed by atoms with van der Waals surface area (Å²) in [7, 11) is 0. The number of nitrogens with one attached hydrogen (secondary N) is 2. The molecule has 0 fully saturated rings. The lowest BCUT2D eigenvalue weighted by Gasteiger charge is -2.09. The molecule has 3 rings (SSSR count). The van der Waals surface area contributed by atoms with Crippen LogP contribution in [0.2, 0.25) is 0 Å². The maximum absolute atomic E-state index is 12.3. The van der Waals surface area contributed by atoms with Crippen molar-refractivity contribution in [1.29, 1.82) is 0 Å². The Morgan fingerprint density at radius 3 is 2.64 bits per heavy atom. The zero-order valence-corrected chi connectivity index (χ0v) is 14.3. The normalized spacial score (nSPS) is 10.5. The molecule has 7 nitrogen and oxygen atoms in total. The van der Waals surface area contributed by atoms with Crippen LogP contribution < -0.4 is 10.6 Å². The van der Waals surface area contributed by atoms with Crippen LogP contribution in [0.1, 0.15) is 33.1 Å². The number of anilines is 2. The van der Waals surface area contributed by atoms with Gasteiger partial charge in [0.25, 0.3) is 5.91 Å². The minimum atomic E-state index is -0.363. The van der Waals surface area contributed by atoms with Crippen LogP contribution in [0.25, 0.3) is 0 Å². The predicted molar refractivity (Wildman–Crippen MR) is 94.5 cm³/mol. The van der Waals surface area contributed by atoms with Crippen molar-refractivity contribution in [3.05, 3.63) is 64.7 Å². The van der Waals surface area contributed by atoms with Gasteiger partial charge >= 0.3 is 0 Å². The van der Waals surface area contributed by atoms with Gasteiger partial charge in [0, 0.05) is 18.3 Å². The van der Waals surface area contributed by atoms with Crippen molar-refractivity contribution in [3.63, 3.8) is 0 Å². The van der Waals surface area contributed by atoms with Crippen LogP contribution in [0.4, 0.5) is 11.8 Å².